The van der Waals surface area contributed by atoms with Crippen LogP contribution >= 0.6 is 0 Å². The first-order valence-corrected chi connectivity index (χ1v) is 8.76. The second-order valence-corrected chi connectivity index (χ2v) is 6.27. The number of pyridine rings is 2. The number of imidazole rings is 1. The van der Waals surface area contributed by atoms with E-state index < -0.39 is 0 Å². The van der Waals surface area contributed by atoms with E-state index in [0.717, 1.165) is 30.3 Å². The predicted molar refractivity (Wildman–Crippen MR) is 99.6 cm³/mol. The maximum absolute atomic E-state index is 12.6. The first-order valence-electron chi connectivity index (χ1n) is 8.76. The normalized spacial score (nSPS) is 14.2. The van der Waals surface area contributed by atoms with E-state index >= 15 is 0 Å². The van der Waals surface area contributed by atoms with Gasteiger partial charge in [-0.2, -0.15) is 0 Å². The molecule has 1 aliphatic heterocycles. The number of anilines is 2. The zero-order valence-electron chi connectivity index (χ0n) is 14.4. The monoisotopic (exact) mass is 348 g/mol. The predicted octanol–water partition coefficient (Wildman–Crippen LogP) is 2.90. The van der Waals surface area contributed by atoms with Gasteiger partial charge in [0.05, 0.1) is 23.1 Å². The van der Waals surface area contributed by atoms with Crippen molar-refractivity contribution in [3.8, 4) is 5.82 Å². The maximum atomic E-state index is 12.6. The van der Waals surface area contributed by atoms with Gasteiger partial charge in [-0.15, -0.1) is 0 Å². The van der Waals surface area contributed by atoms with Gasteiger partial charge in [-0.25, -0.2) is 9.97 Å². The summed E-state index contributed by atoms with van der Waals surface area (Å²) in [6, 6.07) is 5.52. The highest BCUT2D eigenvalue weighted by atomic mass is 16.1. The van der Waals surface area contributed by atoms with Crippen LogP contribution in [0.2, 0.25) is 0 Å². The molecule has 26 heavy (non-hydrogen) atoms. The van der Waals surface area contributed by atoms with Gasteiger partial charge in [-0.1, -0.05) is 0 Å². The highest BCUT2D eigenvalue weighted by molar-refractivity contribution is 6.05. The topological polar surface area (TPSA) is 75.9 Å². The van der Waals surface area contributed by atoms with Crippen molar-refractivity contribution in [2.24, 2.45) is 0 Å². The van der Waals surface area contributed by atoms with Crippen LogP contribution in [-0.2, 0) is 0 Å². The van der Waals surface area contributed by atoms with E-state index in [4.69, 9.17) is 0 Å². The summed E-state index contributed by atoms with van der Waals surface area (Å²) in [6.07, 6.45) is 13.8. The van der Waals surface area contributed by atoms with Crippen molar-refractivity contribution in [3.05, 3.63) is 61.1 Å². The van der Waals surface area contributed by atoms with E-state index in [-0.39, 0.29) is 5.91 Å². The smallest absolute Gasteiger partial charge is 0.257 e. The zero-order chi connectivity index (χ0) is 17.8. The van der Waals surface area contributed by atoms with Gasteiger partial charge in [0.15, 0.2) is 0 Å². The lowest BCUT2D eigenvalue weighted by Gasteiger charge is -2.30. The summed E-state index contributed by atoms with van der Waals surface area (Å²) in [5.74, 6) is 0.523. The van der Waals surface area contributed by atoms with E-state index in [2.05, 4.69) is 25.2 Å². The second kappa shape index (κ2) is 7.35. The molecule has 1 aliphatic rings. The van der Waals surface area contributed by atoms with Crippen molar-refractivity contribution in [2.45, 2.75) is 19.3 Å². The average Bonchev–Trinajstić information content (AvgIpc) is 3.24. The lowest BCUT2D eigenvalue weighted by atomic mass is 10.1. The summed E-state index contributed by atoms with van der Waals surface area (Å²) >= 11 is 0. The number of piperidine rings is 1. The number of nitrogens with zero attached hydrogens (tertiary/aromatic N) is 5. The molecule has 4 heterocycles. The van der Waals surface area contributed by atoms with Gasteiger partial charge in [-0.3, -0.25) is 14.3 Å². The molecule has 7 nitrogen and oxygen atoms in total. The third-order valence-corrected chi connectivity index (χ3v) is 4.52. The molecule has 7 heteroatoms. The van der Waals surface area contributed by atoms with E-state index in [1.165, 1.54) is 19.3 Å². The molecule has 1 amide bonds. The van der Waals surface area contributed by atoms with Crippen molar-refractivity contribution in [1.29, 1.82) is 0 Å². The lowest BCUT2D eigenvalue weighted by molar-refractivity contribution is 0.102. The molecule has 0 aliphatic carbocycles. The van der Waals surface area contributed by atoms with E-state index in [9.17, 15) is 4.79 Å². The Morgan fingerprint density at radius 1 is 1.00 bits per heavy atom. The number of carbonyl (C=O) groups is 1. The zero-order valence-corrected chi connectivity index (χ0v) is 14.4. The molecule has 0 aromatic carbocycles. The molecule has 3 aromatic rings. The summed E-state index contributed by atoms with van der Waals surface area (Å²) < 4.78 is 1.79. The minimum absolute atomic E-state index is 0.194. The molecule has 3 aromatic heterocycles. The lowest BCUT2D eigenvalue weighted by Crippen LogP contribution is -2.30. The summed E-state index contributed by atoms with van der Waals surface area (Å²) in [5.41, 5.74) is 2.26. The molecule has 132 valence electrons. The van der Waals surface area contributed by atoms with Gasteiger partial charge in [0.2, 0.25) is 0 Å². The van der Waals surface area contributed by atoms with Gasteiger partial charge in [-0.05, 0) is 37.5 Å². The minimum atomic E-state index is -0.194. The van der Waals surface area contributed by atoms with E-state index in [0.29, 0.717) is 5.56 Å². The average molecular weight is 348 g/mol. The van der Waals surface area contributed by atoms with Crippen LogP contribution < -0.4 is 10.2 Å². The number of aromatic nitrogens is 4. The van der Waals surface area contributed by atoms with Gasteiger partial charge in [0.1, 0.15) is 12.1 Å². The molecule has 0 atom stereocenters. The van der Waals surface area contributed by atoms with Crippen LogP contribution in [0.5, 0.6) is 0 Å². The molecule has 0 unspecified atom stereocenters. The van der Waals surface area contributed by atoms with Gasteiger partial charge in [0, 0.05) is 37.9 Å². The summed E-state index contributed by atoms with van der Waals surface area (Å²) in [7, 11) is 0. The Hall–Kier alpha value is -3.22. The molecule has 1 saturated heterocycles. The van der Waals surface area contributed by atoms with Crippen LogP contribution in [0.4, 0.5) is 11.4 Å². The van der Waals surface area contributed by atoms with Gasteiger partial charge in [0.25, 0.3) is 5.91 Å². The largest absolute Gasteiger partial charge is 0.370 e. The Balaban J connectivity index is 1.51. The van der Waals surface area contributed by atoms with Crippen molar-refractivity contribution >= 4 is 17.3 Å². The minimum Gasteiger partial charge on any atom is -0.370 e. The number of rotatable bonds is 4. The van der Waals surface area contributed by atoms with E-state index in [1.807, 2.05) is 12.3 Å². The maximum Gasteiger partial charge on any atom is 0.257 e. The Labute approximate surface area is 151 Å². The van der Waals surface area contributed by atoms with Crippen molar-refractivity contribution in [1.82, 2.24) is 19.5 Å². The number of amides is 1. The number of nitrogens with one attached hydrogen (secondary N) is 1. The van der Waals surface area contributed by atoms with Crippen LogP contribution in [0.3, 0.4) is 0 Å². The number of carbonyl (C=O) groups excluding carboxylic acids is 1. The standard InChI is InChI=1S/C19H20N6O/c26-19(15-4-5-18(22-12-15)25-11-8-21-14-25)23-16-13-20-7-6-17(16)24-9-2-1-3-10-24/h4-8,11-14H,1-3,9-10H2,(H,23,26). The number of hydrogen-bond donors (Lipinski definition) is 1. The SMILES string of the molecule is O=C(Nc1cnccc1N1CCCCC1)c1ccc(-n2ccnc2)nc1. The molecule has 0 saturated carbocycles. The Bertz CT molecular complexity index is 869. The van der Waals surface area contributed by atoms with Crippen LogP contribution in [0.25, 0.3) is 5.82 Å². The first-order chi connectivity index (χ1) is 12.8. The van der Waals surface area contributed by atoms with Crippen LogP contribution in [0, 0.1) is 0 Å². The highest BCUT2D eigenvalue weighted by Gasteiger charge is 2.16. The van der Waals surface area contributed by atoms with Crippen LogP contribution in [0.15, 0.2) is 55.5 Å². The summed E-state index contributed by atoms with van der Waals surface area (Å²) in [5, 5.41) is 2.98. The third kappa shape index (κ3) is 3.42. The summed E-state index contributed by atoms with van der Waals surface area (Å²) in [4.78, 5) is 27.4. The first kappa shape index (κ1) is 16.3. The van der Waals surface area contributed by atoms with Crippen LogP contribution in [0.1, 0.15) is 29.6 Å². The fraction of sp³-hybridized carbons (Fsp3) is 0.263. The van der Waals surface area contributed by atoms with Crippen molar-refractivity contribution < 1.29 is 4.79 Å². The molecule has 4 rings (SSSR count). The summed E-state index contributed by atoms with van der Waals surface area (Å²) in [6.45, 7) is 2.02. The second-order valence-electron chi connectivity index (χ2n) is 6.27. The fourth-order valence-electron chi connectivity index (χ4n) is 3.16. The molecule has 0 spiro atoms. The van der Waals surface area contributed by atoms with Crippen molar-refractivity contribution in [3.63, 3.8) is 0 Å². The third-order valence-electron chi connectivity index (χ3n) is 4.52. The molecular formula is C19H20N6O. The molecule has 0 radical (unpaired) electrons. The molecule has 1 fully saturated rings. The van der Waals surface area contributed by atoms with Crippen molar-refractivity contribution in [2.75, 3.05) is 23.3 Å². The van der Waals surface area contributed by atoms with Gasteiger partial charge >= 0.3 is 0 Å². The Kier molecular flexibility index (Phi) is 4.59. The molecular weight excluding hydrogens is 328 g/mol. The quantitative estimate of drug-likeness (QED) is 0.784. The number of hydrogen-bond acceptors (Lipinski definition) is 5. The Morgan fingerprint density at radius 2 is 1.88 bits per heavy atom. The van der Waals surface area contributed by atoms with Gasteiger partial charge < -0.3 is 10.2 Å². The van der Waals surface area contributed by atoms with E-state index in [1.54, 1.807) is 47.8 Å². The Morgan fingerprint density at radius 3 is 2.62 bits per heavy atom. The highest BCUT2D eigenvalue weighted by Crippen LogP contribution is 2.27. The fourth-order valence-corrected chi connectivity index (χ4v) is 3.16. The molecule has 1 N–H and O–H groups in total. The van der Waals surface area contributed by atoms with Crippen LogP contribution in [-0.4, -0.2) is 38.5 Å². The molecule has 0 bridgehead atoms.